The monoisotopic (exact) mass is 444 g/mol. The molecule has 2 N–H and O–H groups in total. The van der Waals surface area contributed by atoms with Crippen molar-refractivity contribution in [3.05, 3.63) is 17.3 Å². The van der Waals surface area contributed by atoms with Gasteiger partial charge in [-0.3, -0.25) is 14.8 Å². The van der Waals surface area contributed by atoms with Crippen LogP contribution in [0.25, 0.3) is 0 Å². The predicted octanol–water partition coefficient (Wildman–Crippen LogP) is 2.70. The maximum absolute atomic E-state index is 12.6. The van der Waals surface area contributed by atoms with E-state index in [4.69, 9.17) is 9.41 Å². The van der Waals surface area contributed by atoms with Crippen LogP contribution in [0.1, 0.15) is 43.5 Å². The number of likely N-dealkylation sites (tertiary alicyclic amines) is 2. The third-order valence-corrected chi connectivity index (χ3v) is 6.01. The van der Waals surface area contributed by atoms with Gasteiger partial charge in [-0.15, -0.1) is 0 Å². The smallest absolute Gasteiger partial charge is 0.401 e. The van der Waals surface area contributed by atoms with E-state index in [0.717, 1.165) is 62.9 Å². The van der Waals surface area contributed by atoms with Gasteiger partial charge >= 0.3 is 6.18 Å². The van der Waals surface area contributed by atoms with Crippen LogP contribution in [0.15, 0.2) is 9.41 Å². The molecule has 0 amide bonds. The normalized spacial score (nSPS) is 22.3. The fourth-order valence-corrected chi connectivity index (χ4v) is 4.21. The maximum Gasteiger partial charge on any atom is 0.401 e. The molecule has 0 aliphatic carbocycles. The van der Waals surface area contributed by atoms with Crippen LogP contribution in [0.4, 0.5) is 13.2 Å². The van der Waals surface area contributed by atoms with E-state index in [-0.39, 0.29) is 6.04 Å². The average Bonchev–Trinajstić information content (AvgIpc) is 3.25. The Hall–Kier alpha value is -1.81. The second-order valence-electron chi connectivity index (χ2n) is 8.67. The van der Waals surface area contributed by atoms with E-state index < -0.39 is 12.7 Å². The summed E-state index contributed by atoms with van der Waals surface area (Å²) in [7, 11) is 0. The molecule has 0 radical (unpaired) electrons. The first-order valence-electron chi connectivity index (χ1n) is 11.2. The zero-order chi connectivity index (χ0) is 22.4. The van der Waals surface area contributed by atoms with Crippen LogP contribution in [0, 0.1) is 19.8 Å². The lowest BCUT2D eigenvalue weighted by atomic mass is 9.97. The summed E-state index contributed by atoms with van der Waals surface area (Å²) in [6, 6.07) is -0.00490. The highest BCUT2D eigenvalue weighted by atomic mass is 19.4. The Bertz CT molecular complexity index is 708. The third-order valence-electron chi connectivity index (χ3n) is 6.01. The summed E-state index contributed by atoms with van der Waals surface area (Å²) in [5, 5.41) is 6.55. The topological polar surface area (TPSA) is 68.9 Å². The summed E-state index contributed by atoms with van der Waals surface area (Å²) < 4.78 is 43.5. The Balaban J connectivity index is 1.42. The van der Waals surface area contributed by atoms with Crippen molar-refractivity contribution in [1.29, 1.82) is 0 Å². The molecule has 2 aliphatic rings. The van der Waals surface area contributed by atoms with Crippen molar-refractivity contribution in [3.63, 3.8) is 0 Å². The molecule has 3 rings (SSSR count). The Morgan fingerprint density at radius 3 is 2.48 bits per heavy atom. The number of hydrogen-bond acceptors (Lipinski definition) is 5. The van der Waals surface area contributed by atoms with E-state index in [1.165, 1.54) is 4.90 Å². The first kappa shape index (κ1) is 23.8. The van der Waals surface area contributed by atoms with Gasteiger partial charge < -0.3 is 15.1 Å². The number of aliphatic imine (C=N–C) groups is 1. The highest BCUT2D eigenvalue weighted by Crippen LogP contribution is 2.21. The van der Waals surface area contributed by atoms with Gasteiger partial charge in [0.25, 0.3) is 0 Å². The number of nitrogens with zero attached hydrogens (tertiary/aromatic N) is 4. The molecule has 0 saturated carbocycles. The molecular formula is C21H35F3N6O. The van der Waals surface area contributed by atoms with Gasteiger partial charge in [-0.1, -0.05) is 0 Å². The highest BCUT2D eigenvalue weighted by Gasteiger charge is 2.34. The summed E-state index contributed by atoms with van der Waals surface area (Å²) in [6.07, 6.45) is -1.33. The lowest BCUT2D eigenvalue weighted by Gasteiger charge is -2.30. The Kier molecular flexibility index (Phi) is 8.21. The van der Waals surface area contributed by atoms with Crippen molar-refractivity contribution in [1.82, 2.24) is 25.4 Å². The summed E-state index contributed by atoms with van der Waals surface area (Å²) in [6.45, 7) is 10.0. The third kappa shape index (κ3) is 7.68. The van der Waals surface area contributed by atoms with Crippen molar-refractivity contribution in [3.8, 4) is 0 Å². The molecule has 2 fully saturated rings. The Morgan fingerprint density at radius 2 is 1.87 bits per heavy atom. The van der Waals surface area contributed by atoms with Gasteiger partial charge in [-0.25, -0.2) is 4.98 Å². The molecule has 1 atom stereocenters. The van der Waals surface area contributed by atoms with Gasteiger partial charge in [0.05, 0.1) is 18.8 Å². The first-order valence-corrected chi connectivity index (χ1v) is 11.2. The van der Waals surface area contributed by atoms with Crippen molar-refractivity contribution in [2.75, 3.05) is 45.8 Å². The number of hydrogen-bond donors (Lipinski definition) is 2. The van der Waals surface area contributed by atoms with Crippen LogP contribution in [0.3, 0.4) is 0 Å². The van der Waals surface area contributed by atoms with Crippen LogP contribution in [-0.2, 0) is 6.54 Å². The largest absolute Gasteiger partial charge is 0.444 e. The molecule has 7 nitrogen and oxygen atoms in total. The summed E-state index contributed by atoms with van der Waals surface area (Å²) in [4.78, 5) is 13.0. The molecule has 1 aromatic rings. The van der Waals surface area contributed by atoms with Crippen LogP contribution in [0.5, 0.6) is 0 Å². The molecule has 2 saturated heterocycles. The number of nitrogens with one attached hydrogen (secondary N) is 2. The molecule has 0 spiro atoms. The molecule has 1 unspecified atom stereocenters. The van der Waals surface area contributed by atoms with Gasteiger partial charge in [0.15, 0.2) is 5.96 Å². The number of aryl methyl sites for hydroxylation is 2. The minimum Gasteiger partial charge on any atom is -0.444 e. The number of halogens is 3. The summed E-state index contributed by atoms with van der Waals surface area (Å²) in [5.74, 6) is 2.87. The molecule has 176 valence electrons. The van der Waals surface area contributed by atoms with E-state index in [1.54, 1.807) is 0 Å². The second kappa shape index (κ2) is 10.7. The number of oxazole rings is 1. The van der Waals surface area contributed by atoms with Crippen LogP contribution in [0.2, 0.25) is 0 Å². The number of aromatic nitrogens is 1. The first-order chi connectivity index (χ1) is 14.7. The van der Waals surface area contributed by atoms with Crippen LogP contribution in [-0.4, -0.2) is 78.8 Å². The van der Waals surface area contributed by atoms with E-state index in [2.05, 4.69) is 20.5 Å². The van der Waals surface area contributed by atoms with Crippen molar-refractivity contribution >= 4 is 5.96 Å². The minimum absolute atomic E-state index is 0.00490. The molecule has 3 heterocycles. The second-order valence-corrected chi connectivity index (χ2v) is 8.67. The van der Waals surface area contributed by atoms with Crippen molar-refractivity contribution < 1.29 is 17.6 Å². The van der Waals surface area contributed by atoms with Crippen molar-refractivity contribution in [2.45, 2.75) is 58.8 Å². The lowest BCUT2D eigenvalue weighted by Crippen LogP contribution is -2.45. The molecule has 2 aliphatic heterocycles. The predicted molar refractivity (Wildman–Crippen MR) is 114 cm³/mol. The summed E-state index contributed by atoms with van der Waals surface area (Å²) >= 11 is 0. The SMILES string of the molecule is CCNC(=NCC1CCN(Cc2nc(C)c(C)o2)CC1)NC1CCN(CC(F)(F)F)C1. The van der Waals surface area contributed by atoms with Gasteiger partial charge in [0.2, 0.25) is 5.89 Å². The molecule has 10 heteroatoms. The van der Waals surface area contributed by atoms with E-state index in [1.807, 2.05) is 20.8 Å². The highest BCUT2D eigenvalue weighted by molar-refractivity contribution is 5.80. The van der Waals surface area contributed by atoms with Crippen LogP contribution < -0.4 is 10.6 Å². The molecule has 1 aromatic heterocycles. The van der Waals surface area contributed by atoms with Gasteiger partial charge in [-0.2, -0.15) is 13.2 Å². The van der Waals surface area contributed by atoms with Gasteiger partial charge in [-0.05, 0) is 59.0 Å². The molecule has 0 bridgehead atoms. The number of rotatable bonds is 7. The quantitative estimate of drug-likeness (QED) is 0.498. The minimum atomic E-state index is -4.15. The van der Waals surface area contributed by atoms with Gasteiger partial charge in [0.1, 0.15) is 5.76 Å². The Labute approximate surface area is 182 Å². The lowest BCUT2D eigenvalue weighted by molar-refractivity contribution is -0.143. The molecule has 0 aromatic carbocycles. The Morgan fingerprint density at radius 1 is 1.16 bits per heavy atom. The van der Waals surface area contributed by atoms with E-state index in [0.29, 0.717) is 31.4 Å². The zero-order valence-corrected chi connectivity index (χ0v) is 18.8. The average molecular weight is 445 g/mol. The fourth-order valence-electron chi connectivity index (χ4n) is 4.21. The van der Waals surface area contributed by atoms with E-state index >= 15 is 0 Å². The zero-order valence-electron chi connectivity index (χ0n) is 18.8. The number of guanidine groups is 1. The molecular weight excluding hydrogens is 409 g/mol. The molecule has 31 heavy (non-hydrogen) atoms. The summed E-state index contributed by atoms with van der Waals surface area (Å²) in [5.41, 5.74) is 0.950. The van der Waals surface area contributed by atoms with E-state index in [9.17, 15) is 13.2 Å². The fraction of sp³-hybridized carbons (Fsp3) is 0.810. The van der Waals surface area contributed by atoms with Crippen molar-refractivity contribution in [2.24, 2.45) is 10.9 Å². The van der Waals surface area contributed by atoms with Crippen LogP contribution >= 0.6 is 0 Å². The number of alkyl halides is 3. The maximum atomic E-state index is 12.6. The number of piperidine rings is 1. The standard InChI is InChI=1S/C21H35F3N6O/c1-4-25-20(28-18-7-10-30(12-18)14-21(22,23)24)26-11-17-5-8-29(9-6-17)13-19-27-15(2)16(3)31-19/h17-18H,4-14H2,1-3H3,(H2,25,26,28). The van der Waals surface area contributed by atoms with Gasteiger partial charge in [0, 0.05) is 32.2 Å².